The molecule has 2 aromatic carbocycles. The average molecular weight is 321 g/mol. The number of hydrogen-bond acceptors (Lipinski definition) is 3. The van der Waals surface area contributed by atoms with E-state index in [4.69, 9.17) is 0 Å². The largest absolute Gasteiger partial charge is 0.327 e. The average Bonchev–Trinajstić information content (AvgIpc) is 2.81. The van der Waals surface area contributed by atoms with E-state index in [1.54, 1.807) is 4.90 Å². The number of amides is 1. The third kappa shape index (κ3) is 3.13. The third-order valence-electron chi connectivity index (χ3n) is 4.39. The number of rotatable bonds is 5. The molecule has 1 aliphatic rings. The molecule has 1 fully saturated rings. The second kappa shape index (κ2) is 6.79. The van der Waals surface area contributed by atoms with Gasteiger partial charge in [0.15, 0.2) is 11.7 Å². The summed E-state index contributed by atoms with van der Waals surface area (Å²) >= 11 is 0. The van der Waals surface area contributed by atoms with Crippen LogP contribution in [-0.2, 0) is 27.3 Å². The third-order valence-corrected chi connectivity index (χ3v) is 4.39. The second-order valence-electron chi connectivity index (χ2n) is 6.10. The van der Waals surface area contributed by atoms with Gasteiger partial charge in [-0.3, -0.25) is 14.4 Å². The Morgan fingerprint density at radius 2 is 1.46 bits per heavy atom. The van der Waals surface area contributed by atoms with Crippen molar-refractivity contribution in [3.05, 3.63) is 71.8 Å². The molecule has 122 valence electrons. The summed E-state index contributed by atoms with van der Waals surface area (Å²) in [6.07, 6.45) is 0.433. The molecule has 2 atom stereocenters. The summed E-state index contributed by atoms with van der Waals surface area (Å²) in [7, 11) is 0. The van der Waals surface area contributed by atoms with E-state index in [-0.39, 0.29) is 17.5 Å². The fraction of sp³-hybridized carbons (Fsp3) is 0.250. The minimum Gasteiger partial charge on any atom is -0.327 e. The molecule has 24 heavy (non-hydrogen) atoms. The van der Waals surface area contributed by atoms with Crippen molar-refractivity contribution in [1.82, 2.24) is 4.90 Å². The van der Waals surface area contributed by atoms with Crippen molar-refractivity contribution in [1.29, 1.82) is 0 Å². The first-order valence-electron chi connectivity index (χ1n) is 8.00. The van der Waals surface area contributed by atoms with Gasteiger partial charge in [-0.1, -0.05) is 60.7 Å². The fourth-order valence-corrected chi connectivity index (χ4v) is 3.18. The molecule has 0 radical (unpaired) electrons. The van der Waals surface area contributed by atoms with Crippen LogP contribution in [0.5, 0.6) is 0 Å². The number of hydrogen-bond donors (Lipinski definition) is 0. The Hall–Kier alpha value is -2.75. The summed E-state index contributed by atoms with van der Waals surface area (Å²) in [5.41, 5.74) is 1.92. The van der Waals surface area contributed by atoms with Crippen molar-refractivity contribution in [2.24, 2.45) is 5.92 Å². The lowest BCUT2D eigenvalue weighted by Crippen LogP contribution is -2.36. The van der Waals surface area contributed by atoms with Gasteiger partial charge in [0.25, 0.3) is 0 Å². The Labute approximate surface area is 141 Å². The van der Waals surface area contributed by atoms with Crippen molar-refractivity contribution >= 4 is 17.5 Å². The zero-order valence-corrected chi connectivity index (χ0v) is 13.5. The van der Waals surface area contributed by atoms with Gasteiger partial charge in [0.2, 0.25) is 5.91 Å². The van der Waals surface area contributed by atoms with E-state index in [0.717, 1.165) is 11.1 Å². The van der Waals surface area contributed by atoms with Crippen LogP contribution >= 0.6 is 0 Å². The monoisotopic (exact) mass is 321 g/mol. The minimum absolute atomic E-state index is 0.285. The SMILES string of the molecule is CC(=O)C1C(=O)[C@H](Cc2ccccc2)N(Cc2ccccc2)C1=O. The molecule has 1 aliphatic heterocycles. The van der Waals surface area contributed by atoms with Crippen molar-refractivity contribution in [2.75, 3.05) is 0 Å². The number of benzene rings is 2. The Kier molecular flexibility index (Phi) is 4.56. The van der Waals surface area contributed by atoms with E-state index < -0.39 is 12.0 Å². The van der Waals surface area contributed by atoms with E-state index in [9.17, 15) is 14.4 Å². The van der Waals surface area contributed by atoms with E-state index in [1.165, 1.54) is 6.92 Å². The Bertz CT molecular complexity index is 695. The first kappa shape index (κ1) is 16.1. The zero-order valence-electron chi connectivity index (χ0n) is 13.5. The summed E-state index contributed by atoms with van der Waals surface area (Å²) < 4.78 is 0. The van der Waals surface area contributed by atoms with E-state index in [2.05, 4.69) is 0 Å². The quantitative estimate of drug-likeness (QED) is 0.795. The highest BCUT2D eigenvalue weighted by atomic mass is 16.2. The Balaban J connectivity index is 1.90. The standard InChI is InChI=1S/C20H19NO3/c1-14(22)18-19(23)17(12-15-8-4-2-5-9-15)21(20(18)24)13-16-10-6-3-7-11-16/h2-11,17-18H,12-13H2,1H3/t17-,18?/m0/s1. The number of carbonyl (C=O) groups is 3. The first-order chi connectivity index (χ1) is 11.6. The molecule has 0 bridgehead atoms. The molecule has 0 spiro atoms. The normalized spacial score (nSPS) is 20.5. The summed E-state index contributed by atoms with van der Waals surface area (Å²) in [5, 5.41) is 0. The van der Waals surface area contributed by atoms with Crippen LogP contribution in [0.1, 0.15) is 18.1 Å². The smallest absolute Gasteiger partial charge is 0.241 e. The fourth-order valence-electron chi connectivity index (χ4n) is 3.18. The van der Waals surface area contributed by atoms with Gasteiger partial charge in [-0.05, 0) is 18.1 Å². The first-order valence-corrected chi connectivity index (χ1v) is 8.00. The van der Waals surface area contributed by atoms with Crippen molar-refractivity contribution in [3.63, 3.8) is 0 Å². The lowest BCUT2D eigenvalue weighted by Gasteiger charge is -2.23. The van der Waals surface area contributed by atoms with Gasteiger partial charge in [-0.15, -0.1) is 0 Å². The highest BCUT2D eigenvalue weighted by Gasteiger charge is 2.49. The topological polar surface area (TPSA) is 54.5 Å². The van der Waals surface area contributed by atoms with Crippen molar-refractivity contribution in [3.8, 4) is 0 Å². The highest BCUT2D eigenvalue weighted by molar-refractivity contribution is 6.23. The van der Waals surface area contributed by atoms with Crippen LogP contribution in [0.2, 0.25) is 0 Å². The molecule has 0 aliphatic carbocycles. The molecule has 1 heterocycles. The second-order valence-corrected chi connectivity index (χ2v) is 6.10. The molecular weight excluding hydrogens is 302 g/mol. The summed E-state index contributed by atoms with van der Waals surface area (Å²) in [6.45, 7) is 1.65. The molecule has 0 aromatic heterocycles. The van der Waals surface area contributed by atoms with Crippen LogP contribution < -0.4 is 0 Å². The van der Waals surface area contributed by atoms with Crippen LogP contribution in [0.15, 0.2) is 60.7 Å². The van der Waals surface area contributed by atoms with Crippen LogP contribution in [0.25, 0.3) is 0 Å². The minimum atomic E-state index is -1.15. The van der Waals surface area contributed by atoms with Gasteiger partial charge in [0.1, 0.15) is 5.78 Å². The lowest BCUT2D eigenvalue weighted by atomic mass is 9.96. The van der Waals surface area contributed by atoms with Gasteiger partial charge < -0.3 is 4.90 Å². The number of carbonyl (C=O) groups excluding carboxylic acids is 3. The van der Waals surface area contributed by atoms with Crippen molar-refractivity contribution < 1.29 is 14.4 Å². The molecule has 1 unspecified atom stereocenters. The van der Waals surface area contributed by atoms with Gasteiger partial charge >= 0.3 is 0 Å². The van der Waals surface area contributed by atoms with Gasteiger partial charge in [0.05, 0.1) is 6.04 Å². The lowest BCUT2D eigenvalue weighted by molar-refractivity contribution is -0.138. The maximum absolute atomic E-state index is 12.7. The Morgan fingerprint density at radius 3 is 2.00 bits per heavy atom. The predicted molar refractivity (Wildman–Crippen MR) is 90.1 cm³/mol. The molecule has 4 nitrogen and oxygen atoms in total. The van der Waals surface area contributed by atoms with Gasteiger partial charge in [-0.25, -0.2) is 0 Å². The van der Waals surface area contributed by atoms with Gasteiger partial charge in [0, 0.05) is 13.0 Å². The molecule has 2 aromatic rings. The molecule has 3 rings (SSSR count). The molecule has 0 N–H and O–H groups in total. The predicted octanol–water partition coefficient (Wildman–Crippen LogP) is 2.41. The maximum Gasteiger partial charge on any atom is 0.241 e. The van der Waals surface area contributed by atoms with Gasteiger partial charge in [-0.2, -0.15) is 0 Å². The summed E-state index contributed by atoms with van der Waals surface area (Å²) in [4.78, 5) is 38.7. The number of Topliss-reactive ketones (excluding diaryl/α,β-unsaturated/α-hetero) is 2. The molecule has 1 amide bonds. The maximum atomic E-state index is 12.7. The van der Waals surface area contributed by atoms with E-state index in [1.807, 2.05) is 60.7 Å². The summed E-state index contributed by atoms with van der Waals surface area (Å²) in [5.74, 6) is -2.19. The number of likely N-dealkylation sites (tertiary alicyclic amines) is 1. The van der Waals surface area contributed by atoms with Crippen LogP contribution in [-0.4, -0.2) is 28.4 Å². The number of nitrogens with zero attached hydrogens (tertiary/aromatic N) is 1. The van der Waals surface area contributed by atoms with Crippen LogP contribution in [0.4, 0.5) is 0 Å². The van der Waals surface area contributed by atoms with Crippen LogP contribution in [0, 0.1) is 5.92 Å². The molecular formula is C20H19NO3. The van der Waals surface area contributed by atoms with Crippen molar-refractivity contribution in [2.45, 2.75) is 25.9 Å². The zero-order chi connectivity index (χ0) is 17.1. The van der Waals surface area contributed by atoms with E-state index in [0.29, 0.717) is 13.0 Å². The van der Waals surface area contributed by atoms with Crippen LogP contribution in [0.3, 0.4) is 0 Å². The Morgan fingerprint density at radius 1 is 0.917 bits per heavy atom. The molecule has 1 saturated heterocycles. The van der Waals surface area contributed by atoms with E-state index >= 15 is 0 Å². The molecule has 0 saturated carbocycles. The summed E-state index contributed by atoms with van der Waals surface area (Å²) in [6, 6.07) is 18.5. The molecule has 4 heteroatoms. The number of ketones is 2. The highest BCUT2D eigenvalue weighted by Crippen LogP contribution is 2.27.